The predicted octanol–water partition coefficient (Wildman–Crippen LogP) is 3.07. The van der Waals surface area contributed by atoms with Crippen molar-refractivity contribution < 1.29 is 8.78 Å². The Labute approximate surface area is 127 Å². The summed E-state index contributed by atoms with van der Waals surface area (Å²) in [7, 11) is 0. The molecule has 22 heavy (non-hydrogen) atoms. The lowest BCUT2D eigenvalue weighted by Crippen LogP contribution is -2.31. The van der Waals surface area contributed by atoms with E-state index in [4.69, 9.17) is 5.73 Å². The second-order valence-electron chi connectivity index (χ2n) is 5.26. The van der Waals surface area contributed by atoms with E-state index in [1.54, 1.807) is 0 Å². The van der Waals surface area contributed by atoms with Crippen molar-refractivity contribution in [3.8, 4) is 0 Å². The molecule has 2 heterocycles. The summed E-state index contributed by atoms with van der Waals surface area (Å²) in [5.74, 6) is -0.194. The van der Waals surface area contributed by atoms with Gasteiger partial charge < -0.3 is 16.0 Å². The van der Waals surface area contributed by atoms with E-state index in [0.717, 1.165) is 44.1 Å². The summed E-state index contributed by atoms with van der Waals surface area (Å²) in [6.45, 7) is 1.77. The van der Waals surface area contributed by atoms with Crippen molar-refractivity contribution in [3.05, 3.63) is 36.2 Å². The largest absolute Gasteiger partial charge is 0.393 e. The zero-order chi connectivity index (χ0) is 15.5. The van der Waals surface area contributed by atoms with Crippen molar-refractivity contribution in [1.29, 1.82) is 0 Å². The molecule has 0 aliphatic carbocycles. The van der Waals surface area contributed by atoms with Crippen LogP contribution in [0.3, 0.4) is 0 Å². The summed E-state index contributed by atoms with van der Waals surface area (Å²) < 4.78 is 27.0. The van der Waals surface area contributed by atoms with Crippen molar-refractivity contribution >= 4 is 23.0 Å². The molecule has 0 radical (unpaired) electrons. The number of nitrogens with two attached hydrogens (primary N) is 1. The van der Waals surface area contributed by atoms with Crippen LogP contribution in [0, 0.1) is 11.6 Å². The number of piperidine rings is 1. The molecule has 1 aromatic heterocycles. The summed E-state index contributed by atoms with van der Waals surface area (Å²) in [6.07, 6.45) is 4.75. The van der Waals surface area contributed by atoms with Crippen LogP contribution in [0.15, 0.2) is 24.5 Å². The van der Waals surface area contributed by atoms with E-state index in [-0.39, 0.29) is 11.5 Å². The minimum absolute atomic E-state index is 0.00464. The van der Waals surface area contributed by atoms with Crippen LogP contribution in [0.5, 0.6) is 0 Å². The Hall–Kier alpha value is -2.44. The van der Waals surface area contributed by atoms with Crippen LogP contribution in [-0.2, 0) is 0 Å². The SMILES string of the molecule is Nc1c(Nc2cc(F)ccc2F)ncnc1N1CCCCC1. The molecule has 7 heteroatoms. The summed E-state index contributed by atoms with van der Waals surface area (Å²) in [4.78, 5) is 10.4. The van der Waals surface area contributed by atoms with E-state index >= 15 is 0 Å². The molecule has 2 aromatic rings. The van der Waals surface area contributed by atoms with E-state index in [9.17, 15) is 8.78 Å². The van der Waals surface area contributed by atoms with Gasteiger partial charge in [0.05, 0.1) is 5.69 Å². The second-order valence-corrected chi connectivity index (χ2v) is 5.26. The molecule has 0 spiro atoms. The predicted molar refractivity (Wildman–Crippen MR) is 82.1 cm³/mol. The molecule has 116 valence electrons. The summed E-state index contributed by atoms with van der Waals surface area (Å²) in [5, 5.41) is 2.74. The van der Waals surface area contributed by atoms with Gasteiger partial charge in [-0.15, -0.1) is 0 Å². The number of rotatable bonds is 3. The first kappa shape index (κ1) is 14.5. The van der Waals surface area contributed by atoms with Crippen LogP contribution in [0.25, 0.3) is 0 Å². The van der Waals surface area contributed by atoms with Gasteiger partial charge in [-0.05, 0) is 31.4 Å². The van der Waals surface area contributed by atoms with E-state index in [0.29, 0.717) is 11.5 Å². The standard InChI is InChI=1S/C15H17F2N5/c16-10-4-5-11(17)12(8-10)21-14-13(18)15(20-9-19-14)22-6-2-1-3-7-22/h4-5,8-9H,1-3,6-7,18H2,(H,19,20,21). The van der Waals surface area contributed by atoms with Crippen LogP contribution < -0.4 is 16.0 Å². The van der Waals surface area contributed by atoms with Gasteiger partial charge in [-0.2, -0.15) is 0 Å². The number of nitrogen functional groups attached to an aromatic ring is 1. The number of nitrogens with one attached hydrogen (secondary N) is 1. The maximum Gasteiger partial charge on any atom is 0.159 e. The first-order valence-corrected chi connectivity index (χ1v) is 7.22. The number of hydrogen-bond donors (Lipinski definition) is 2. The fourth-order valence-electron chi connectivity index (χ4n) is 2.56. The van der Waals surface area contributed by atoms with E-state index < -0.39 is 11.6 Å². The third-order valence-electron chi connectivity index (χ3n) is 3.70. The van der Waals surface area contributed by atoms with Crippen molar-refractivity contribution in [2.45, 2.75) is 19.3 Å². The minimum atomic E-state index is -0.570. The van der Waals surface area contributed by atoms with Crippen molar-refractivity contribution in [1.82, 2.24) is 9.97 Å². The van der Waals surface area contributed by atoms with E-state index in [2.05, 4.69) is 20.2 Å². The summed E-state index contributed by atoms with van der Waals surface area (Å²) in [5.41, 5.74) is 6.44. The van der Waals surface area contributed by atoms with Crippen molar-refractivity contribution in [2.24, 2.45) is 0 Å². The topological polar surface area (TPSA) is 67.1 Å². The van der Waals surface area contributed by atoms with Crippen molar-refractivity contribution in [3.63, 3.8) is 0 Å². The number of hydrogen-bond acceptors (Lipinski definition) is 5. The summed E-state index contributed by atoms with van der Waals surface area (Å²) >= 11 is 0. The molecular formula is C15H17F2N5. The van der Waals surface area contributed by atoms with E-state index in [1.165, 1.54) is 12.7 Å². The van der Waals surface area contributed by atoms with Gasteiger partial charge in [0.2, 0.25) is 0 Å². The number of nitrogens with zero attached hydrogens (tertiary/aromatic N) is 3. The minimum Gasteiger partial charge on any atom is -0.393 e. The lowest BCUT2D eigenvalue weighted by Gasteiger charge is -2.28. The quantitative estimate of drug-likeness (QED) is 0.912. The Morgan fingerprint density at radius 3 is 2.64 bits per heavy atom. The lowest BCUT2D eigenvalue weighted by molar-refractivity contribution is 0.573. The Morgan fingerprint density at radius 2 is 1.86 bits per heavy atom. The highest BCUT2D eigenvalue weighted by molar-refractivity contribution is 5.78. The molecule has 1 fully saturated rings. The van der Waals surface area contributed by atoms with Crippen LogP contribution >= 0.6 is 0 Å². The van der Waals surface area contributed by atoms with Crippen LogP contribution in [0.4, 0.5) is 31.8 Å². The molecule has 3 N–H and O–H groups in total. The fraction of sp³-hybridized carbons (Fsp3) is 0.333. The maximum atomic E-state index is 13.7. The fourth-order valence-corrected chi connectivity index (χ4v) is 2.56. The van der Waals surface area contributed by atoms with Gasteiger partial charge in [0.15, 0.2) is 11.6 Å². The zero-order valence-corrected chi connectivity index (χ0v) is 12.0. The maximum absolute atomic E-state index is 13.7. The van der Waals surface area contributed by atoms with Gasteiger partial charge in [-0.25, -0.2) is 18.7 Å². The average Bonchev–Trinajstić information content (AvgIpc) is 2.54. The third-order valence-corrected chi connectivity index (χ3v) is 3.70. The normalized spacial score (nSPS) is 14.9. The lowest BCUT2D eigenvalue weighted by atomic mass is 10.1. The second kappa shape index (κ2) is 6.13. The van der Waals surface area contributed by atoms with Crippen LogP contribution in [0.2, 0.25) is 0 Å². The Bertz CT molecular complexity index is 671. The van der Waals surface area contributed by atoms with Crippen LogP contribution in [0.1, 0.15) is 19.3 Å². The van der Waals surface area contributed by atoms with Gasteiger partial charge in [0, 0.05) is 19.2 Å². The van der Waals surface area contributed by atoms with Gasteiger partial charge in [0.25, 0.3) is 0 Å². The molecule has 3 rings (SSSR count). The number of anilines is 4. The molecule has 1 aliphatic heterocycles. The highest BCUT2D eigenvalue weighted by Gasteiger charge is 2.18. The molecule has 0 unspecified atom stereocenters. The van der Waals surface area contributed by atoms with Crippen molar-refractivity contribution in [2.75, 3.05) is 29.0 Å². The molecule has 5 nitrogen and oxygen atoms in total. The molecular weight excluding hydrogens is 288 g/mol. The molecule has 1 saturated heterocycles. The highest BCUT2D eigenvalue weighted by atomic mass is 19.1. The molecule has 0 bridgehead atoms. The Balaban J connectivity index is 1.89. The highest BCUT2D eigenvalue weighted by Crippen LogP contribution is 2.30. The van der Waals surface area contributed by atoms with Gasteiger partial charge in [0.1, 0.15) is 23.6 Å². The number of benzene rings is 1. The Morgan fingerprint density at radius 1 is 1.09 bits per heavy atom. The van der Waals surface area contributed by atoms with Gasteiger partial charge in [-0.1, -0.05) is 0 Å². The smallest absolute Gasteiger partial charge is 0.159 e. The number of aromatic nitrogens is 2. The third kappa shape index (κ3) is 2.93. The molecule has 0 saturated carbocycles. The van der Waals surface area contributed by atoms with Gasteiger partial charge in [-0.3, -0.25) is 0 Å². The Kier molecular flexibility index (Phi) is 4.04. The average molecular weight is 305 g/mol. The van der Waals surface area contributed by atoms with Gasteiger partial charge >= 0.3 is 0 Å². The first-order valence-electron chi connectivity index (χ1n) is 7.22. The molecule has 1 aliphatic rings. The number of halogens is 2. The monoisotopic (exact) mass is 305 g/mol. The summed E-state index contributed by atoms with van der Waals surface area (Å²) in [6, 6.07) is 3.18. The zero-order valence-electron chi connectivity index (χ0n) is 12.0. The molecule has 0 amide bonds. The molecule has 1 aromatic carbocycles. The first-order chi connectivity index (χ1) is 10.6. The van der Waals surface area contributed by atoms with E-state index in [1.807, 2.05) is 0 Å². The molecule has 0 atom stereocenters. The van der Waals surface area contributed by atoms with Crippen LogP contribution in [-0.4, -0.2) is 23.1 Å².